The average molecular weight is 364 g/mol. The summed E-state index contributed by atoms with van der Waals surface area (Å²) in [5.74, 6) is -1.30. The third-order valence-corrected chi connectivity index (χ3v) is 4.83. The van der Waals surface area contributed by atoms with Crippen molar-refractivity contribution in [2.45, 2.75) is 45.6 Å². The molecule has 1 aliphatic rings. The van der Waals surface area contributed by atoms with E-state index in [1.807, 2.05) is 30.3 Å². The van der Waals surface area contributed by atoms with E-state index in [9.17, 15) is 14.7 Å². The van der Waals surface area contributed by atoms with Crippen LogP contribution in [0.4, 0.5) is 5.69 Å². The van der Waals surface area contributed by atoms with Gasteiger partial charge in [0.25, 0.3) is 5.91 Å². The van der Waals surface area contributed by atoms with Crippen LogP contribution in [0.1, 0.15) is 50.4 Å². The van der Waals surface area contributed by atoms with Crippen molar-refractivity contribution in [3.05, 3.63) is 71.3 Å². The molecule has 1 aromatic heterocycles. The highest BCUT2D eigenvalue weighted by atomic mass is 16.3. The van der Waals surface area contributed by atoms with Crippen molar-refractivity contribution in [1.82, 2.24) is 4.98 Å². The molecule has 2 heterocycles. The molecule has 5 heteroatoms. The van der Waals surface area contributed by atoms with E-state index < -0.39 is 17.7 Å². The highest BCUT2D eigenvalue weighted by Gasteiger charge is 2.44. The molecule has 27 heavy (non-hydrogen) atoms. The maximum atomic E-state index is 12.8. The highest BCUT2D eigenvalue weighted by Crippen LogP contribution is 2.40. The van der Waals surface area contributed by atoms with Crippen molar-refractivity contribution in [1.29, 1.82) is 0 Å². The van der Waals surface area contributed by atoms with Crippen molar-refractivity contribution < 1.29 is 14.7 Å². The van der Waals surface area contributed by atoms with Crippen LogP contribution in [-0.2, 0) is 16.0 Å². The lowest BCUT2D eigenvalue weighted by atomic mass is 9.98. The Morgan fingerprint density at radius 2 is 1.89 bits per heavy atom. The summed E-state index contributed by atoms with van der Waals surface area (Å²) in [7, 11) is 0. The van der Waals surface area contributed by atoms with E-state index in [0.29, 0.717) is 11.4 Å². The van der Waals surface area contributed by atoms with E-state index in [2.05, 4.69) is 11.9 Å². The standard InChI is InChI=1S/C22H24N2O3/c1-3-5-8-15-10-12-16(13-11-15)24-20(17-9-6-7-14-23-17)19(18(25)4-2)21(26)22(24)27/h6-7,9-14,20,26H,3-5,8H2,1-2H3. The van der Waals surface area contributed by atoms with Crippen LogP contribution >= 0.6 is 0 Å². The molecule has 0 radical (unpaired) electrons. The van der Waals surface area contributed by atoms with Gasteiger partial charge in [-0.15, -0.1) is 0 Å². The van der Waals surface area contributed by atoms with Gasteiger partial charge in [0.2, 0.25) is 0 Å². The molecular formula is C22H24N2O3. The smallest absolute Gasteiger partial charge is 0.294 e. The zero-order valence-corrected chi connectivity index (χ0v) is 15.7. The number of rotatable bonds is 7. The maximum absolute atomic E-state index is 12.8. The van der Waals surface area contributed by atoms with E-state index in [1.54, 1.807) is 25.3 Å². The van der Waals surface area contributed by atoms with Gasteiger partial charge in [0.05, 0.1) is 11.3 Å². The number of amides is 1. The summed E-state index contributed by atoms with van der Waals surface area (Å²) in [6.45, 7) is 3.86. The van der Waals surface area contributed by atoms with E-state index >= 15 is 0 Å². The van der Waals surface area contributed by atoms with Gasteiger partial charge in [-0.25, -0.2) is 0 Å². The first kappa shape index (κ1) is 18.8. The molecule has 0 fully saturated rings. The molecule has 140 valence electrons. The molecule has 1 unspecified atom stereocenters. The average Bonchev–Trinajstić information content (AvgIpc) is 2.98. The molecule has 0 saturated heterocycles. The van der Waals surface area contributed by atoms with Crippen molar-refractivity contribution in [3.63, 3.8) is 0 Å². The van der Waals surface area contributed by atoms with Crippen LogP contribution < -0.4 is 4.90 Å². The van der Waals surface area contributed by atoms with Gasteiger partial charge in [-0.3, -0.25) is 19.5 Å². The van der Waals surface area contributed by atoms with Gasteiger partial charge in [-0.2, -0.15) is 0 Å². The number of Topliss-reactive ketones (excluding diaryl/α,β-unsaturated/α-hetero) is 1. The summed E-state index contributed by atoms with van der Waals surface area (Å²) in [4.78, 5) is 31.1. The summed E-state index contributed by atoms with van der Waals surface area (Å²) in [5.41, 5.74) is 2.52. The zero-order chi connectivity index (χ0) is 19.4. The second-order valence-corrected chi connectivity index (χ2v) is 6.64. The van der Waals surface area contributed by atoms with Crippen molar-refractivity contribution >= 4 is 17.4 Å². The largest absolute Gasteiger partial charge is 0.503 e. The molecule has 2 aromatic rings. The Morgan fingerprint density at radius 3 is 2.48 bits per heavy atom. The number of carbonyl (C=O) groups is 2. The van der Waals surface area contributed by atoms with Gasteiger partial charge in [0, 0.05) is 18.3 Å². The number of pyridine rings is 1. The van der Waals surface area contributed by atoms with E-state index in [-0.39, 0.29) is 17.8 Å². The number of unbranched alkanes of at least 4 members (excludes halogenated alkanes) is 1. The van der Waals surface area contributed by atoms with E-state index in [0.717, 1.165) is 19.3 Å². The van der Waals surface area contributed by atoms with Crippen LogP contribution in [0.2, 0.25) is 0 Å². The number of aryl methyl sites for hydroxylation is 1. The number of aliphatic hydroxyl groups excluding tert-OH is 1. The van der Waals surface area contributed by atoms with E-state index in [4.69, 9.17) is 0 Å². The van der Waals surface area contributed by atoms with Crippen molar-refractivity contribution in [3.8, 4) is 0 Å². The predicted molar refractivity (Wildman–Crippen MR) is 104 cm³/mol. The summed E-state index contributed by atoms with van der Waals surface area (Å²) in [6, 6.07) is 12.3. The summed E-state index contributed by atoms with van der Waals surface area (Å²) in [6.07, 6.45) is 5.04. The first-order valence-electron chi connectivity index (χ1n) is 9.38. The van der Waals surface area contributed by atoms with Crippen LogP contribution in [0.3, 0.4) is 0 Å². The molecule has 1 N–H and O–H groups in total. The highest BCUT2D eigenvalue weighted by molar-refractivity contribution is 6.16. The number of aromatic nitrogens is 1. The topological polar surface area (TPSA) is 70.5 Å². The second-order valence-electron chi connectivity index (χ2n) is 6.64. The molecule has 0 saturated carbocycles. The molecular weight excluding hydrogens is 340 g/mol. The fraction of sp³-hybridized carbons (Fsp3) is 0.318. The monoisotopic (exact) mass is 364 g/mol. The number of aliphatic hydroxyl groups is 1. The summed E-state index contributed by atoms with van der Waals surface area (Å²) >= 11 is 0. The Morgan fingerprint density at radius 1 is 1.15 bits per heavy atom. The van der Waals surface area contributed by atoms with E-state index in [1.165, 1.54) is 10.5 Å². The van der Waals surface area contributed by atoms with Crippen LogP contribution in [-0.4, -0.2) is 21.8 Å². The quantitative estimate of drug-likeness (QED) is 0.795. The molecule has 1 aliphatic heterocycles. The molecule has 1 atom stereocenters. The number of nitrogens with zero attached hydrogens (tertiary/aromatic N) is 2. The molecule has 1 aromatic carbocycles. The Hall–Kier alpha value is -2.95. The Kier molecular flexibility index (Phi) is 5.69. The minimum absolute atomic E-state index is 0.122. The van der Waals surface area contributed by atoms with Gasteiger partial charge in [0.1, 0.15) is 6.04 Å². The minimum Gasteiger partial charge on any atom is -0.503 e. The minimum atomic E-state index is -0.715. The number of anilines is 1. The third-order valence-electron chi connectivity index (χ3n) is 4.83. The number of ketones is 1. The maximum Gasteiger partial charge on any atom is 0.294 e. The fourth-order valence-corrected chi connectivity index (χ4v) is 3.37. The van der Waals surface area contributed by atoms with Gasteiger partial charge in [0.15, 0.2) is 11.5 Å². The molecule has 3 rings (SSSR count). The number of hydrogen-bond donors (Lipinski definition) is 1. The molecule has 0 spiro atoms. The lowest BCUT2D eigenvalue weighted by molar-refractivity contribution is -0.118. The van der Waals surface area contributed by atoms with Gasteiger partial charge >= 0.3 is 0 Å². The van der Waals surface area contributed by atoms with Crippen LogP contribution in [0.5, 0.6) is 0 Å². The Bertz CT molecular complexity index is 857. The van der Waals surface area contributed by atoms with Gasteiger partial charge in [-0.05, 0) is 42.7 Å². The normalized spacial score (nSPS) is 16.9. The molecule has 0 bridgehead atoms. The number of carbonyl (C=O) groups excluding carboxylic acids is 2. The van der Waals surface area contributed by atoms with Gasteiger partial charge < -0.3 is 5.11 Å². The predicted octanol–water partition coefficient (Wildman–Crippen LogP) is 4.30. The lowest BCUT2D eigenvalue weighted by Crippen LogP contribution is -2.31. The number of benzene rings is 1. The zero-order valence-electron chi connectivity index (χ0n) is 15.7. The summed E-state index contributed by atoms with van der Waals surface area (Å²) in [5, 5.41) is 10.4. The second kappa shape index (κ2) is 8.16. The molecule has 0 aliphatic carbocycles. The van der Waals surface area contributed by atoms with Crippen LogP contribution in [0, 0.1) is 0 Å². The van der Waals surface area contributed by atoms with Crippen molar-refractivity contribution in [2.24, 2.45) is 0 Å². The Labute approximate surface area is 159 Å². The Balaban J connectivity index is 2.03. The first-order valence-corrected chi connectivity index (χ1v) is 9.38. The molecule has 1 amide bonds. The summed E-state index contributed by atoms with van der Waals surface area (Å²) < 4.78 is 0. The third kappa shape index (κ3) is 3.63. The first-order chi connectivity index (χ1) is 13.1. The SMILES string of the molecule is CCCCc1ccc(N2C(=O)C(O)=C(C(=O)CC)C2c2ccccn2)cc1. The van der Waals surface area contributed by atoms with Crippen LogP contribution in [0.15, 0.2) is 60.0 Å². The lowest BCUT2D eigenvalue weighted by Gasteiger charge is -2.26. The fourth-order valence-electron chi connectivity index (χ4n) is 3.37. The molecule has 5 nitrogen and oxygen atoms in total. The van der Waals surface area contributed by atoms with Crippen LogP contribution in [0.25, 0.3) is 0 Å². The number of hydrogen-bond acceptors (Lipinski definition) is 4. The van der Waals surface area contributed by atoms with Crippen molar-refractivity contribution in [2.75, 3.05) is 4.90 Å². The van der Waals surface area contributed by atoms with Gasteiger partial charge in [-0.1, -0.05) is 38.5 Å².